The van der Waals surface area contributed by atoms with Crippen molar-refractivity contribution in [2.75, 3.05) is 19.7 Å². The molecule has 14 heteroatoms. The van der Waals surface area contributed by atoms with E-state index >= 15 is 0 Å². The van der Waals surface area contributed by atoms with Gasteiger partial charge in [-0.1, -0.05) is 0 Å². The van der Waals surface area contributed by atoms with Gasteiger partial charge in [0.2, 0.25) is 0 Å². The van der Waals surface area contributed by atoms with Crippen molar-refractivity contribution in [2.24, 2.45) is 35.5 Å². The molecule has 35 heavy (non-hydrogen) atoms. The normalized spacial score (nSPS) is 28.7. The fourth-order valence-electron chi connectivity index (χ4n) is 4.54. The van der Waals surface area contributed by atoms with E-state index in [2.05, 4.69) is 11.0 Å². The maximum Gasteiger partial charge on any atom is 0.328 e. The van der Waals surface area contributed by atoms with E-state index in [1.807, 2.05) is 0 Å². The number of carboxylic acid groups (broad SMARTS) is 4. The van der Waals surface area contributed by atoms with E-state index in [-0.39, 0.29) is 51.3 Å². The van der Waals surface area contributed by atoms with Crippen LogP contribution in [0.3, 0.4) is 0 Å². The van der Waals surface area contributed by atoms with Gasteiger partial charge in [-0.3, -0.25) is 24.0 Å². The minimum absolute atomic E-state index is 0.0129. The molecule has 0 aromatic carbocycles. The molecule has 2 saturated carbocycles. The fraction of sp³-hybridized carbons (Fsp3) is 0.762. The summed E-state index contributed by atoms with van der Waals surface area (Å²) in [7, 11) is 0. The second kappa shape index (κ2) is 13.9. The van der Waals surface area contributed by atoms with Crippen molar-refractivity contribution in [3.8, 4) is 0 Å². The summed E-state index contributed by atoms with van der Waals surface area (Å²) in [5.74, 6) is -9.84. The first kappa shape index (κ1) is 28.4. The topological polar surface area (TPSA) is 218 Å². The highest BCUT2D eigenvalue weighted by molar-refractivity contribution is 5.82. The van der Waals surface area contributed by atoms with Gasteiger partial charge in [0.1, 0.15) is 0 Å². The number of hydrogen-bond donors (Lipinski definition) is 6. The zero-order valence-electron chi connectivity index (χ0n) is 19.1. The van der Waals surface area contributed by atoms with Crippen molar-refractivity contribution >= 4 is 29.8 Å². The van der Waals surface area contributed by atoms with E-state index in [9.17, 15) is 34.2 Å². The number of nitrogens with one attached hydrogen (secondary N) is 2. The average molecular weight is 504 g/mol. The van der Waals surface area contributed by atoms with Crippen LogP contribution in [0.5, 0.6) is 0 Å². The molecule has 14 nitrogen and oxygen atoms in total. The van der Waals surface area contributed by atoms with Gasteiger partial charge in [0, 0.05) is 13.1 Å². The number of aliphatic carboxylic acids is 4. The minimum atomic E-state index is -1.23. The largest absolute Gasteiger partial charge is 0.481 e. The van der Waals surface area contributed by atoms with Gasteiger partial charge in [-0.25, -0.2) is 4.89 Å². The van der Waals surface area contributed by atoms with Crippen LogP contribution in [0.25, 0.3) is 0 Å². The Kier molecular flexibility index (Phi) is 11.3. The van der Waals surface area contributed by atoms with Crippen LogP contribution in [0, 0.1) is 35.5 Å². The Labute approximate surface area is 200 Å². The number of carbonyl (C=O) groups excluding carboxylic acids is 1. The molecule has 0 aliphatic heterocycles. The molecule has 0 bridgehead atoms. The van der Waals surface area contributed by atoms with Crippen molar-refractivity contribution < 1.29 is 59.1 Å². The number of hydroxylamine groups is 2. The molecule has 0 aromatic heterocycles. The molecular formula is C21H32N2O12. The summed E-state index contributed by atoms with van der Waals surface area (Å²) in [5, 5.41) is 36.8. The van der Waals surface area contributed by atoms with Crippen LogP contribution in [0.15, 0.2) is 0 Å². The van der Waals surface area contributed by atoms with Crippen LogP contribution in [-0.2, 0) is 38.7 Å². The Morgan fingerprint density at radius 2 is 1.26 bits per heavy atom. The van der Waals surface area contributed by atoms with Crippen LogP contribution < -0.4 is 11.0 Å². The molecule has 0 aromatic rings. The number of carboxylic acids is 4. The molecule has 0 amide bonds. The third kappa shape index (κ3) is 8.72. The Balaban J connectivity index is 1.57. The van der Waals surface area contributed by atoms with Crippen molar-refractivity contribution in [3.63, 3.8) is 0 Å². The Morgan fingerprint density at radius 1 is 0.686 bits per heavy atom. The first-order valence-electron chi connectivity index (χ1n) is 11.5. The maximum absolute atomic E-state index is 12.2. The van der Waals surface area contributed by atoms with E-state index in [4.69, 9.17) is 24.9 Å². The summed E-state index contributed by atoms with van der Waals surface area (Å²) >= 11 is 0. The monoisotopic (exact) mass is 504 g/mol. The van der Waals surface area contributed by atoms with Gasteiger partial charge in [0.25, 0.3) is 0 Å². The van der Waals surface area contributed by atoms with Crippen molar-refractivity contribution in [1.29, 1.82) is 0 Å². The second-order valence-electron chi connectivity index (χ2n) is 8.88. The molecular weight excluding hydrogens is 472 g/mol. The van der Waals surface area contributed by atoms with Crippen LogP contribution in [0.4, 0.5) is 0 Å². The summed E-state index contributed by atoms with van der Waals surface area (Å²) in [4.78, 5) is 72.0. The zero-order chi connectivity index (χ0) is 26.0. The number of hydrogen-bond acceptors (Lipinski definition) is 10. The molecule has 2 aliphatic rings. The van der Waals surface area contributed by atoms with E-state index in [1.165, 1.54) is 0 Å². The maximum atomic E-state index is 12.2. The summed E-state index contributed by atoms with van der Waals surface area (Å²) in [6, 6.07) is 0. The first-order chi connectivity index (χ1) is 16.6. The van der Waals surface area contributed by atoms with Gasteiger partial charge >= 0.3 is 29.8 Å². The predicted octanol–water partition coefficient (Wildman–Crippen LogP) is 0.281. The Bertz CT molecular complexity index is 775. The molecule has 0 radical (unpaired) electrons. The van der Waals surface area contributed by atoms with Crippen molar-refractivity contribution in [1.82, 2.24) is 11.0 Å². The van der Waals surface area contributed by atoms with Crippen LogP contribution in [0.1, 0.15) is 44.9 Å². The molecule has 0 heterocycles. The molecule has 0 saturated heterocycles. The van der Waals surface area contributed by atoms with Gasteiger partial charge in [-0.2, -0.15) is 11.0 Å². The Hall–Kier alpha value is -2.81. The van der Waals surface area contributed by atoms with Gasteiger partial charge in [0.15, 0.2) is 0 Å². The van der Waals surface area contributed by atoms with E-state index in [0.29, 0.717) is 19.3 Å². The van der Waals surface area contributed by atoms with Crippen LogP contribution >= 0.6 is 0 Å². The molecule has 2 rings (SSSR count). The van der Waals surface area contributed by atoms with Gasteiger partial charge in [0.05, 0.1) is 36.2 Å². The molecule has 6 atom stereocenters. The average Bonchev–Trinajstić information content (AvgIpc) is 2.82. The van der Waals surface area contributed by atoms with Crippen LogP contribution in [-0.4, -0.2) is 70.0 Å². The lowest BCUT2D eigenvalue weighted by atomic mass is 9.74. The van der Waals surface area contributed by atoms with Crippen molar-refractivity contribution in [3.05, 3.63) is 0 Å². The SMILES string of the molecule is O=C(O)C1CCC(COONCCCNOC(=O)C2CCC(C(=O)O)CC2C(=O)O)C(C(=O)O)C1. The van der Waals surface area contributed by atoms with Gasteiger partial charge in [-0.15, -0.1) is 4.99 Å². The number of rotatable bonds is 14. The third-order valence-electron chi connectivity index (χ3n) is 6.61. The summed E-state index contributed by atoms with van der Waals surface area (Å²) in [6.07, 6.45) is 1.43. The zero-order valence-corrected chi connectivity index (χ0v) is 19.1. The van der Waals surface area contributed by atoms with Crippen LogP contribution in [0.2, 0.25) is 0 Å². The number of carbonyl (C=O) groups is 5. The predicted molar refractivity (Wildman–Crippen MR) is 113 cm³/mol. The molecule has 6 N–H and O–H groups in total. The quantitative estimate of drug-likeness (QED) is 0.106. The fourth-order valence-corrected chi connectivity index (χ4v) is 4.54. The lowest BCUT2D eigenvalue weighted by molar-refractivity contribution is -0.344. The highest BCUT2D eigenvalue weighted by Gasteiger charge is 2.42. The molecule has 6 unspecified atom stereocenters. The van der Waals surface area contributed by atoms with Crippen molar-refractivity contribution in [2.45, 2.75) is 44.9 Å². The third-order valence-corrected chi connectivity index (χ3v) is 6.61. The van der Waals surface area contributed by atoms with Gasteiger partial charge in [-0.05, 0) is 50.9 Å². The highest BCUT2D eigenvalue weighted by atomic mass is 17.3. The lowest BCUT2D eigenvalue weighted by Crippen LogP contribution is -2.40. The highest BCUT2D eigenvalue weighted by Crippen LogP contribution is 2.36. The summed E-state index contributed by atoms with van der Waals surface area (Å²) < 4.78 is 0. The van der Waals surface area contributed by atoms with Gasteiger partial charge < -0.3 is 25.3 Å². The standard InChI is InChI=1S/C21H32N2O12/c24-17(25)11-2-3-13(15(8-11)19(28)29)10-33-35-23-7-1-6-22-34-21(32)14-5-4-12(18(26)27)9-16(14)20(30)31/h11-16,22-23H,1-10H2,(H,24,25)(H,26,27)(H,28,29)(H,30,31). The van der Waals surface area contributed by atoms with E-state index in [1.54, 1.807) is 0 Å². The first-order valence-corrected chi connectivity index (χ1v) is 11.5. The summed E-state index contributed by atoms with van der Waals surface area (Å²) in [6.45, 7) is 0.478. The van der Waals surface area contributed by atoms with E-state index in [0.717, 1.165) is 0 Å². The summed E-state index contributed by atoms with van der Waals surface area (Å²) in [5.41, 5.74) is 4.95. The smallest absolute Gasteiger partial charge is 0.328 e. The molecule has 0 spiro atoms. The molecule has 2 fully saturated rings. The van der Waals surface area contributed by atoms with E-state index < -0.39 is 59.4 Å². The lowest BCUT2D eigenvalue weighted by Gasteiger charge is -2.31. The molecule has 2 aliphatic carbocycles. The molecule has 198 valence electrons. The second-order valence-corrected chi connectivity index (χ2v) is 8.88. The Morgan fingerprint density at radius 3 is 1.86 bits per heavy atom. The minimum Gasteiger partial charge on any atom is -0.481 e.